The van der Waals surface area contributed by atoms with E-state index in [1.54, 1.807) is 18.2 Å². The van der Waals surface area contributed by atoms with Crippen LogP contribution in [0.1, 0.15) is 33.2 Å². The standard InChI is InChI=1S/C27H22N2O5/c1-16-7-9-18(10-8-16)23-14-21(20-5-3-4-6-22(20)29-23)27(33)34-15-26(32)19-11-12-25(31)24(13-19)28-17(2)30/h3-14,31H,15H2,1-2H3,(H,28,30). The molecule has 0 spiro atoms. The zero-order valence-electron chi connectivity index (χ0n) is 18.7. The van der Waals surface area contributed by atoms with E-state index in [1.165, 1.54) is 25.1 Å². The molecule has 2 N–H and O–H groups in total. The van der Waals surface area contributed by atoms with Crippen molar-refractivity contribution in [2.24, 2.45) is 0 Å². The number of esters is 1. The van der Waals surface area contributed by atoms with E-state index >= 15 is 0 Å². The molecule has 0 saturated heterocycles. The number of amides is 1. The summed E-state index contributed by atoms with van der Waals surface area (Å²) >= 11 is 0. The summed E-state index contributed by atoms with van der Waals surface area (Å²) in [6.45, 7) is 2.78. The second kappa shape index (κ2) is 9.54. The number of nitrogens with zero attached hydrogens (tertiary/aromatic N) is 1. The molecule has 0 aliphatic rings. The van der Waals surface area contributed by atoms with Gasteiger partial charge in [-0.25, -0.2) is 9.78 Å². The van der Waals surface area contributed by atoms with Crippen LogP contribution in [-0.2, 0) is 9.53 Å². The molecule has 3 aromatic carbocycles. The Balaban J connectivity index is 1.59. The van der Waals surface area contributed by atoms with E-state index < -0.39 is 18.4 Å². The van der Waals surface area contributed by atoms with Crippen LogP contribution in [-0.4, -0.2) is 34.4 Å². The largest absolute Gasteiger partial charge is 0.506 e. The van der Waals surface area contributed by atoms with Crippen molar-refractivity contribution >= 4 is 34.3 Å². The van der Waals surface area contributed by atoms with E-state index in [1.807, 2.05) is 43.3 Å². The van der Waals surface area contributed by atoms with Crippen LogP contribution in [0, 0.1) is 6.92 Å². The Morgan fingerprint density at radius 2 is 1.71 bits per heavy atom. The first kappa shape index (κ1) is 22.7. The van der Waals surface area contributed by atoms with Crippen molar-refractivity contribution in [3.8, 4) is 17.0 Å². The highest BCUT2D eigenvalue weighted by Crippen LogP contribution is 2.27. The first-order chi connectivity index (χ1) is 16.3. The molecule has 0 atom stereocenters. The van der Waals surface area contributed by atoms with E-state index in [-0.39, 0.29) is 22.9 Å². The van der Waals surface area contributed by atoms with Crippen molar-refractivity contribution in [1.82, 2.24) is 4.98 Å². The molecule has 7 heteroatoms. The summed E-state index contributed by atoms with van der Waals surface area (Å²) in [7, 11) is 0. The fourth-order valence-electron chi connectivity index (χ4n) is 3.51. The fourth-order valence-corrected chi connectivity index (χ4v) is 3.51. The average molecular weight is 454 g/mol. The van der Waals surface area contributed by atoms with Gasteiger partial charge in [0, 0.05) is 23.4 Å². The lowest BCUT2D eigenvalue weighted by atomic mass is 10.0. The Morgan fingerprint density at radius 3 is 2.44 bits per heavy atom. The molecule has 7 nitrogen and oxygen atoms in total. The molecule has 0 fully saturated rings. The summed E-state index contributed by atoms with van der Waals surface area (Å²) in [4.78, 5) is 41.6. The minimum Gasteiger partial charge on any atom is -0.506 e. The molecule has 4 aromatic rings. The lowest BCUT2D eigenvalue weighted by Crippen LogP contribution is -2.15. The number of para-hydroxylation sites is 1. The second-order valence-electron chi connectivity index (χ2n) is 7.85. The van der Waals surface area contributed by atoms with Gasteiger partial charge in [-0.2, -0.15) is 0 Å². The number of nitrogens with one attached hydrogen (secondary N) is 1. The van der Waals surface area contributed by atoms with Crippen LogP contribution in [0.2, 0.25) is 0 Å². The average Bonchev–Trinajstić information content (AvgIpc) is 2.83. The highest BCUT2D eigenvalue weighted by Gasteiger charge is 2.18. The third-order valence-electron chi connectivity index (χ3n) is 5.25. The zero-order chi connectivity index (χ0) is 24.2. The van der Waals surface area contributed by atoms with Gasteiger partial charge in [0.25, 0.3) is 0 Å². The number of pyridine rings is 1. The van der Waals surface area contributed by atoms with E-state index in [9.17, 15) is 19.5 Å². The smallest absolute Gasteiger partial charge is 0.339 e. The molecule has 0 unspecified atom stereocenters. The number of rotatable bonds is 6. The van der Waals surface area contributed by atoms with Crippen molar-refractivity contribution < 1.29 is 24.2 Å². The minimum absolute atomic E-state index is 0.104. The molecule has 1 aromatic heterocycles. The third kappa shape index (κ3) is 4.94. The van der Waals surface area contributed by atoms with Gasteiger partial charge in [-0.1, -0.05) is 48.0 Å². The summed E-state index contributed by atoms with van der Waals surface area (Å²) < 4.78 is 5.35. The number of benzene rings is 3. The van der Waals surface area contributed by atoms with Gasteiger partial charge < -0.3 is 15.2 Å². The monoisotopic (exact) mass is 454 g/mol. The molecule has 170 valence electrons. The molecular weight excluding hydrogens is 432 g/mol. The van der Waals surface area contributed by atoms with Crippen molar-refractivity contribution in [3.63, 3.8) is 0 Å². The third-order valence-corrected chi connectivity index (χ3v) is 5.25. The molecule has 34 heavy (non-hydrogen) atoms. The summed E-state index contributed by atoms with van der Waals surface area (Å²) in [5.41, 5.74) is 3.82. The maximum absolute atomic E-state index is 13.0. The SMILES string of the molecule is CC(=O)Nc1cc(C(=O)COC(=O)c2cc(-c3ccc(C)cc3)nc3ccccc23)ccc1O. The van der Waals surface area contributed by atoms with Crippen molar-refractivity contribution in [2.45, 2.75) is 13.8 Å². The molecular formula is C27H22N2O5. The number of anilines is 1. The molecule has 0 aliphatic carbocycles. The van der Waals surface area contributed by atoms with E-state index in [0.717, 1.165) is 11.1 Å². The quantitative estimate of drug-likeness (QED) is 0.244. The number of ketones is 1. The zero-order valence-corrected chi connectivity index (χ0v) is 18.7. The van der Waals surface area contributed by atoms with E-state index in [2.05, 4.69) is 10.3 Å². The molecule has 1 heterocycles. The highest BCUT2D eigenvalue weighted by atomic mass is 16.5. The molecule has 0 radical (unpaired) electrons. The van der Waals surface area contributed by atoms with Gasteiger partial charge in [0.05, 0.1) is 22.5 Å². The number of phenols is 1. The van der Waals surface area contributed by atoms with Crippen molar-refractivity contribution in [3.05, 3.63) is 89.5 Å². The van der Waals surface area contributed by atoms with Gasteiger partial charge in [0.2, 0.25) is 5.91 Å². The van der Waals surface area contributed by atoms with Gasteiger partial charge in [0.15, 0.2) is 12.4 Å². The number of ether oxygens (including phenoxy) is 1. The number of carbonyl (C=O) groups excluding carboxylic acids is 3. The summed E-state index contributed by atoms with van der Waals surface area (Å²) in [6.07, 6.45) is 0. The number of Topliss-reactive ketones (excluding diaryl/α,β-unsaturated/α-hetero) is 1. The summed E-state index contributed by atoms with van der Waals surface area (Å²) in [6, 6.07) is 20.7. The van der Waals surface area contributed by atoms with Crippen LogP contribution < -0.4 is 5.32 Å². The van der Waals surface area contributed by atoms with Crippen LogP contribution in [0.3, 0.4) is 0 Å². The van der Waals surface area contributed by atoms with Crippen LogP contribution in [0.5, 0.6) is 5.75 Å². The Hall–Kier alpha value is -4.52. The summed E-state index contributed by atoms with van der Waals surface area (Å²) in [5.74, 6) is -1.69. The molecule has 0 saturated carbocycles. The summed E-state index contributed by atoms with van der Waals surface area (Å²) in [5, 5.41) is 12.9. The number of aromatic hydroxyl groups is 1. The lowest BCUT2D eigenvalue weighted by molar-refractivity contribution is -0.114. The number of hydrogen-bond acceptors (Lipinski definition) is 6. The Labute approximate surface area is 196 Å². The second-order valence-corrected chi connectivity index (χ2v) is 7.85. The molecule has 1 amide bonds. The Bertz CT molecular complexity index is 1410. The predicted molar refractivity (Wildman–Crippen MR) is 129 cm³/mol. The lowest BCUT2D eigenvalue weighted by Gasteiger charge is -2.11. The van der Waals surface area contributed by atoms with Gasteiger partial charge in [-0.15, -0.1) is 0 Å². The van der Waals surface area contributed by atoms with Crippen LogP contribution >= 0.6 is 0 Å². The first-order valence-electron chi connectivity index (χ1n) is 10.6. The number of aromatic nitrogens is 1. The van der Waals surface area contributed by atoms with Gasteiger partial charge in [-0.3, -0.25) is 9.59 Å². The van der Waals surface area contributed by atoms with E-state index in [4.69, 9.17) is 4.74 Å². The van der Waals surface area contributed by atoms with E-state index in [0.29, 0.717) is 22.2 Å². The minimum atomic E-state index is -0.652. The normalized spacial score (nSPS) is 10.6. The number of hydrogen-bond donors (Lipinski definition) is 2. The van der Waals surface area contributed by atoms with Gasteiger partial charge in [-0.05, 0) is 37.3 Å². The highest BCUT2D eigenvalue weighted by molar-refractivity contribution is 6.06. The predicted octanol–water partition coefficient (Wildman–Crippen LogP) is 4.91. The maximum Gasteiger partial charge on any atom is 0.339 e. The van der Waals surface area contributed by atoms with Gasteiger partial charge in [0.1, 0.15) is 5.75 Å². The molecule has 0 bridgehead atoms. The van der Waals surface area contributed by atoms with Crippen molar-refractivity contribution in [1.29, 1.82) is 0 Å². The Kier molecular flexibility index (Phi) is 6.36. The fraction of sp³-hybridized carbons (Fsp3) is 0.111. The van der Waals surface area contributed by atoms with Crippen LogP contribution in [0.4, 0.5) is 5.69 Å². The van der Waals surface area contributed by atoms with Crippen LogP contribution in [0.25, 0.3) is 22.2 Å². The Morgan fingerprint density at radius 1 is 0.971 bits per heavy atom. The van der Waals surface area contributed by atoms with Gasteiger partial charge >= 0.3 is 5.97 Å². The molecule has 4 rings (SSSR count). The van der Waals surface area contributed by atoms with Crippen molar-refractivity contribution in [2.75, 3.05) is 11.9 Å². The molecule has 0 aliphatic heterocycles. The number of phenolic OH excluding ortho intramolecular Hbond substituents is 1. The number of fused-ring (bicyclic) bond motifs is 1. The number of aryl methyl sites for hydroxylation is 1. The van der Waals surface area contributed by atoms with Crippen LogP contribution in [0.15, 0.2) is 72.8 Å². The maximum atomic E-state index is 13.0. The number of carbonyl (C=O) groups is 3. The topological polar surface area (TPSA) is 106 Å². The first-order valence-corrected chi connectivity index (χ1v) is 10.6.